The Hall–Kier alpha value is -3.42. The van der Waals surface area contributed by atoms with Crippen LogP contribution in [0.5, 0.6) is 11.5 Å². The Balaban J connectivity index is 1.61. The average molecular weight is 481 g/mol. The summed E-state index contributed by atoms with van der Waals surface area (Å²) in [7, 11) is 4.56. The molecule has 3 aromatic carbocycles. The van der Waals surface area contributed by atoms with Crippen molar-refractivity contribution >= 4 is 57.6 Å². The lowest BCUT2D eigenvalue weighted by molar-refractivity contribution is -0.132. The quantitative estimate of drug-likeness (QED) is 0.301. The van der Waals surface area contributed by atoms with Crippen LogP contribution in [0, 0.1) is 0 Å². The number of rotatable bonds is 5. The van der Waals surface area contributed by atoms with Crippen LogP contribution in [0.4, 0.5) is 0 Å². The Bertz CT molecular complexity index is 1300. The molecule has 1 aliphatic rings. The van der Waals surface area contributed by atoms with Crippen LogP contribution in [0.25, 0.3) is 16.8 Å². The van der Waals surface area contributed by atoms with Crippen molar-refractivity contribution in [1.82, 2.24) is 9.80 Å². The van der Waals surface area contributed by atoms with Crippen LogP contribution in [0.15, 0.2) is 60.2 Å². The minimum atomic E-state index is -0.477. The van der Waals surface area contributed by atoms with Gasteiger partial charge in [0, 0.05) is 14.1 Å². The zero-order chi connectivity index (χ0) is 23.7. The summed E-state index contributed by atoms with van der Waals surface area (Å²) >= 11 is 11.6. The molecule has 0 bridgehead atoms. The van der Waals surface area contributed by atoms with Crippen molar-refractivity contribution in [3.05, 3.63) is 76.3 Å². The molecule has 2 amide bonds. The Morgan fingerprint density at radius 3 is 2.30 bits per heavy atom. The highest BCUT2D eigenvalue weighted by atomic mass is 35.5. The summed E-state index contributed by atoms with van der Waals surface area (Å²) in [5, 5.41) is 2.72. The van der Waals surface area contributed by atoms with Gasteiger partial charge in [-0.1, -0.05) is 48.0 Å². The third kappa shape index (κ3) is 4.42. The molecule has 0 unspecified atom stereocenters. The first kappa shape index (κ1) is 22.8. The fourth-order valence-electron chi connectivity index (χ4n) is 3.59. The SMILES string of the molecule is COc1cc(C=C2C(=O)N(C)C(=S)N(C)C2=O)cc(Cl)c1OCc1ccc2ccccc2c1. The third-order valence-electron chi connectivity index (χ3n) is 5.40. The van der Waals surface area contributed by atoms with E-state index >= 15 is 0 Å². The molecule has 0 radical (unpaired) electrons. The van der Waals surface area contributed by atoms with Gasteiger partial charge in [0.15, 0.2) is 16.6 Å². The summed E-state index contributed by atoms with van der Waals surface area (Å²) in [6, 6.07) is 17.5. The summed E-state index contributed by atoms with van der Waals surface area (Å²) in [5.74, 6) is -0.182. The number of fused-ring (bicyclic) bond motifs is 1. The number of amides is 2. The van der Waals surface area contributed by atoms with Crippen LogP contribution < -0.4 is 9.47 Å². The number of hydrogen-bond acceptors (Lipinski definition) is 5. The highest BCUT2D eigenvalue weighted by Gasteiger charge is 2.35. The van der Waals surface area contributed by atoms with Gasteiger partial charge in [0.05, 0.1) is 12.1 Å². The lowest BCUT2D eigenvalue weighted by atomic mass is 10.1. The molecule has 0 saturated carbocycles. The largest absolute Gasteiger partial charge is 0.493 e. The van der Waals surface area contributed by atoms with Crippen LogP contribution in [-0.4, -0.2) is 47.9 Å². The molecule has 33 heavy (non-hydrogen) atoms. The minimum absolute atomic E-state index is 0.0171. The molecule has 0 aromatic heterocycles. The molecular formula is C25H21ClN2O4S. The van der Waals surface area contributed by atoms with Gasteiger partial charge in [-0.3, -0.25) is 19.4 Å². The Kier molecular flexibility index (Phi) is 6.35. The van der Waals surface area contributed by atoms with E-state index in [9.17, 15) is 9.59 Å². The number of methoxy groups -OCH3 is 1. The number of thiocarbonyl (C=S) groups is 1. The second-order valence-corrected chi connectivity index (χ2v) is 8.35. The Morgan fingerprint density at radius 1 is 0.970 bits per heavy atom. The number of halogens is 1. The van der Waals surface area contributed by atoms with Crippen LogP contribution in [-0.2, 0) is 16.2 Å². The van der Waals surface area contributed by atoms with Gasteiger partial charge < -0.3 is 9.47 Å². The number of nitrogens with zero attached hydrogens (tertiary/aromatic N) is 2. The standard InChI is InChI=1S/C25H21ClN2O4S/c1-27-23(29)19(24(30)28(2)25(27)33)11-16-12-20(26)22(21(13-16)31-3)32-14-15-8-9-17-6-4-5-7-18(17)10-15/h4-13H,14H2,1-3H3. The van der Waals surface area contributed by atoms with Gasteiger partial charge in [-0.15, -0.1) is 0 Å². The van der Waals surface area contributed by atoms with Gasteiger partial charge in [-0.05, 0) is 58.4 Å². The summed E-state index contributed by atoms with van der Waals surface area (Å²) in [6.45, 7) is 0.297. The molecular weight excluding hydrogens is 460 g/mol. The van der Waals surface area contributed by atoms with Crippen LogP contribution in [0.1, 0.15) is 11.1 Å². The lowest BCUT2D eigenvalue weighted by Gasteiger charge is -2.31. The van der Waals surface area contributed by atoms with Crippen molar-refractivity contribution in [1.29, 1.82) is 0 Å². The Morgan fingerprint density at radius 2 is 1.64 bits per heavy atom. The van der Waals surface area contributed by atoms with E-state index in [1.54, 1.807) is 12.1 Å². The van der Waals surface area contributed by atoms with Crippen molar-refractivity contribution < 1.29 is 19.1 Å². The van der Waals surface area contributed by atoms with Crippen molar-refractivity contribution in [3.63, 3.8) is 0 Å². The molecule has 0 N–H and O–H groups in total. The molecule has 0 atom stereocenters. The van der Waals surface area contributed by atoms with Crippen molar-refractivity contribution in [2.75, 3.05) is 21.2 Å². The summed E-state index contributed by atoms with van der Waals surface area (Å²) in [5.41, 5.74) is 1.50. The van der Waals surface area contributed by atoms with E-state index in [-0.39, 0.29) is 10.7 Å². The van der Waals surface area contributed by atoms with E-state index in [0.717, 1.165) is 16.3 Å². The Labute approximate surface area is 201 Å². The zero-order valence-electron chi connectivity index (χ0n) is 18.3. The van der Waals surface area contributed by atoms with Crippen LogP contribution in [0.3, 0.4) is 0 Å². The molecule has 168 valence electrons. The van der Waals surface area contributed by atoms with E-state index in [1.807, 2.05) is 30.3 Å². The van der Waals surface area contributed by atoms with Crippen LogP contribution in [0.2, 0.25) is 5.02 Å². The number of hydrogen-bond donors (Lipinski definition) is 0. The molecule has 8 heteroatoms. The number of carbonyl (C=O) groups excluding carboxylic acids is 2. The van der Waals surface area contributed by atoms with E-state index in [4.69, 9.17) is 33.3 Å². The van der Waals surface area contributed by atoms with E-state index in [1.165, 1.54) is 37.1 Å². The predicted octanol–water partition coefficient (Wildman–Crippen LogP) is 4.68. The summed E-state index contributed by atoms with van der Waals surface area (Å²) in [6.07, 6.45) is 1.47. The van der Waals surface area contributed by atoms with Gasteiger partial charge in [-0.25, -0.2) is 0 Å². The van der Waals surface area contributed by atoms with E-state index in [2.05, 4.69) is 12.1 Å². The highest BCUT2D eigenvalue weighted by molar-refractivity contribution is 7.80. The minimum Gasteiger partial charge on any atom is -0.493 e. The van der Waals surface area contributed by atoms with Gasteiger partial charge in [0.1, 0.15) is 12.2 Å². The fourth-order valence-corrected chi connectivity index (χ4v) is 4.03. The maximum Gasteiger partial charge on any atom is 0.265 e. The second kappa shape index (κ2) is 9.21. The normalized spacial score (nSPS) is 14.2. The van der Waals surface area contributed by atoms with Gasteiger partial charge in [0.2, 0.25) is 0 Å². The summed E-state index contributed by atoms with van der Waals surface area (Å²) < 4.78 is 11.5. The highest BCUT2D eigenvalue weighted by Crippen LogP contribution is 2.38. The number of carbonyl (C=O) groups is 2. The first-order valence-electron chi connectivity index (χ1n) is 10.1. The number of likely N-dealkylation sites (N-methyl/N-ethyl adjacent to an activating group) is 2. The molecule has 3 aromatic rings. The number of ether oxygens (including phenoxy) is 2. The van der Waals surface area contributed by atoms with Gasteiger partial charge >= 0.3 is 0 Å². The fraction of sp³-hybridized carbons (Fsp3) is 0.160. The first-order valence-corrected chi connectivity index (χ1v) is 10.9. The molecule has 4 rings (SSSR count). The smallest absolute Gasteiger partial charge is 0.265 e. The molecule has 0 aliphatic carbocycles. The molecule has 1 aliphatic heterocycles. The average Bonchev–Trinajstić information content (AvgIpc) is 2.83. The molecule has 1 fully saturated rings. The zero-order valence-corrected chi connectivity index (χ0v) is 19.9. The lowest BCUT2D eigenvalue weighted by Crippen LogP contribution is -2.52. The van der Waals surface area contributed by atoms with Gasteiger partial charge in [-0.2, -0.15) is 0 Å². The molecule has 0 spiro atoms. The van der Waals surface area contributed by atoms with E-state index < -0.39 is 11.8 Å². The second-order valence-electron chi connectivity index (χ2n) is 7.57. The third-order valence-corrected chi connectivity index (χ3v) is 6.23. The number of benzene rings is 3. The van der Waals surface area contributed by atoms with E-state index in [0.29, 0.717) is 28.7 Å². The maximum atomic E-state index is 12.6. The molecule has 6 nitrogen and oxygen atoms in total. The molecule has 1 heterocycles. The maximum absolute atomic E-state index is 12.6. The predicted molar refractivity (Wildman–Crippen MR) is 132 cm³/mol. The van der Waals surface area contributed by atoms with Crippen molar-refractivity contribution in [3.8, 4) is 11.5 Å². The van der Waals surface area contributed by atoms with Gasteiger partial charge in [0.25, 0.3) is 11.8 Å². The topological polar surface area (TPSA) is 59.1 Å². The summed E-state index contributed by atoms with van der Waals surface area (Å²) in [4.78, 5) is 27.7. The molecule has 1 saturated heterocycles. The van der Waals surface area contributed by atoms with Crippen molar-refractivity contribution in [2.45, 2.75) is 6.61 Å². The monoisotopic (exact) mass is 480 g/mol. The van der Waals surface area contributed by atoms with Crippen molar-refractivity contribution in [2.24, 2.45) is 0 Å². The first-order chi connectivity index (χ1) is 15.8. The van der Waals surface area contributed by atoms with Crippen LogP contribution >= 0.6 is 23.8 Å².